The third kappa shape index (κ3) is 3.12. The lowest BCUT2D eigenvalue weighted by Gasteiger charge is -2.22. The number of anilines is 1. The minimum absolute atomic E-state index is 0.0314. The summed E-state index contributed by atoms with van der Waals surface area (Å²) in [4.78, 5) is 0. The molecule has 1 aromatic carbocycles. The highest BCUT2D eigenvalue weighted by Crippen LogP contribution is 2.19. The van der Waals surface area contributed by atoms with Crippen LogP contribution in [0, 0.1) is 6.92 Å². The van der Waals surface area contributed by atoms with Crippen molar-refractivity contribution in [2.75, 3.05) is 22.5 Å². The van der Waals surface area contributed by atoms with Crippen molar-refractivity contribution in [1.82, 2.24) is 0 Å². The van der Waals surface area contributed by atoms with Gasteiger partial charge in [-0.25, -0.2) is 8.42 Å². The number of sulfonamides is 1. The van der Waals surface area contributed by atoms with Gasteiger partial charge in [0.1, 0.15) is 0 Å². The average Bonchev–Trinajstić information content (AvgIpc) is 2.18. The second-order valence-corrected chi connectivity index (χ2v) is 5.90. The summed E-state index contributed by atoms with van der Waals surface area (Å²) in [6, 6.07) is 7.44. The van der Waals surface area contributed by atoms with Gasteiger partial charge in [0.25, 0.3) is 0 Å². The number of alkyl halides is 1. The van der Waals surface area contributed by atoms with Gasteiger partial charge in [0.2, 0.25) is 10.0 Å². The second-order valence-electron chi connectivity index (χ2n) is 3.51. The van der Waals surface area contributed by atoms with Gasteiger partial charge in [-0.2, -0.15) is 0 Å². The number of hydrogen-bond acceptors (Lipinski definition) is 2. The van der Waals surface area contributed by atoms with Gasteiger partial charge in [-0.3, -0.25) is 4.31 Å². The van der Waals surface area contributed by atoms with Gasteiger partial charge >= 0.3 is 0 Å². The van der Waals surface area contributed by atoms with Crippen LogP contribution in [0.5, 0.6) is 0 Å². The van der Waals surface area contributed by atoms with Crippen LogP contribution in [0.1, 0.15) is 12.5 Å². The third-order valence-corrected chi connectivity index (χ3v) is 4.52. The molecule has 0 spiro atoms. The van der Waals surface area contributed by atoms with Gasteiger partial charge in [0.15, 0.2) is 0 Å². The summed E-state index contributed by atoms with van der Waals surface area (Å²) >= 11 is 5.50. The van der Waals surface area contributed by atoms with Crippen molar-refractivity contribution in [2.45, 2.75) is 13.8 Å². The van der Waals surface area contributed by atoms with Crippen LogP contribution in [-0.2, 0) is 10.0 Å². The van der Waals surface area contributed by atoms with E-state index in [1.165, 1.54) is 4.31 Å². The van der Waals surface area contributed by atoms with E-state index in [9.17, 15) is 8.42 Å². The second kappa shape index (κ2) is 5.55. The molecule has 1 aromatic rings. The molecule has 0 fully saturated rings. The maximum Gasteiger partial charge on any atom is 0.236 e. The number of rotatable bonds is 5. The first-order valence-electron chi connectivity index (χ1n) is 5.14. The summed E-state index contributed by atoms with van der Waals surface area (Å²) in [6.07, 6.45) is 0. The predicted octanol–water partition coefficient (Wildman–Crippen LogP) is 2.39. The van der Waals surface area contributed by atoms with E-state index in [1.807, 2.05) is 32.0 Å². The molecule has 0 saturated heterocycles. The van der Waals surface area contributed by atoms with E-state index in [4.69, 9.17) is 11.6 Å². The summed E-state index contributed by atoms with van der Waals surface area (Å²) in [5.41, 5.74) is 1.74. The third-order valence-electron chi connectivity index (χ3n) is 2.25. The Bertz CT molecular complexity index is 445. The van der Waals surface area contributed by atoms with E-state index in [0.29, 0.717) is 12.2 Å². The fraction of sp³-hybridized carbons (Fsp3) is 0.455. The molecule has 0 unspecified atom stereocenters. The van der Waals surface area contributed by atoms with Crippen LogP contribution in [0.3, 0.4) is 0 Å². The molecule has 0 aliphatic heterocycles. The lowest BCUT2D eigenvalue weighted by Crippen LogP contribution is -2.33. The molecule has 0 aromatic heterocycles. The normalized spacial score (nSPS) is 11.4. The average molecular weight is 262 g/mol. The molecule has 16 heavy (non-hydrogen) atoms. The first-order chi connectivity index (χ1) is 7.51. The fourth-order valence-corrected chi connectivity index (χ4v) is 3.36. The van der Waals surface area contributed by atoms with Crippen LogP contribution in [0.25, 0.3) is 0 Å². The molecular formula is C11H16ClNO2S. The Morgan fingerprint density at radius 1 is 1.38 bits per heavy atom. The zero-order valence-corrected chi connectivity index (χ0v) is 11.1. The van der Waals surface area contributed by atoms with Crippen molar-refractivity contribution in [3.05, 3.63) is 29.8 Å². The van der Waals surface area contributed by atoms with Crippen LogP contribution < -0.4 is 4.31 Å². The van der Waals surface area contributed by atoms with Crippen molar-refractivity contribution >= 4 is 27.3 Å². The summed E-state index contributed by atoms with van der Waals surface area (Å²) in [7, 11) is -3.29. The quantitative estimate of drug-likeness (QED) is 0.764. The highest BCUT2D eigenvalue weighted by atomic mass is 35.5. The molecule has 3 nitrogen and oxygen atoms in total. The molecule has 5 heteroatoms. The molecular weight excluding hydrogens is 246 g/mol. The smallest absolute Gasteiger partial charge is 0.236 e. The summed E-state index contributed by atoms with van der Waals surface area (Å²) in [6.45, 7) is 4.17. The van der Waals surface area contributed by atoms with E-state index >= 15 is 0 Å². The topological polar surface area (TPSA) is 37.4 Å². The summed E-state index contributed by atoms with van der Waals surface area (Å²) in [5.74, 6) is 0.0843. The SMILES string of the molecule is CCN(c1cccc(C)c1)S(=O)(=O)CCCl. The molecule has 0 aliphatic carbocycles. The highest BCUT2D eigenvalue weighted by molar-refractivity contribution is 7.92. The number of halogens is 1. The number of benzene rings is 1. The molecule has 0 radical (unpaired) electrons. The molecule has 90 valence electrons. The van der Waals surface area contributed by atoms with Crippen molar-refractivity contribution in [3.63, 3.8) is 0 Å². The van der Waals surface area contributed by atoms with E-state index in [-0.39, 0.29) is 11.6 Å². The number of aryl methyl sites for hydroxylation is 1. The largest absolute Gasteiger partial charge is 0.270 e. The maximum absolute atomic E-state index is 11.9. The molecule has 0 heterocycles. The van der Waals surface area contributed by atoms with Crippen molar-refractivity contribution in [2.24, 2.45) is 0 Å². The van der Waals surface area contributed by atoms with Gasteiger partial charge in [-0.15, -0.1) is 11.6 Å². The Balaban J connectivity index is 3.08. The van der Waals surface area contributed by atoms with Gasteiger partial charge in [0, 0.05) is 12.4 Å². The minimum atomic E-state index is -3.29. The number of hydrogen-bond donors (Lipinski definition) is 0. The van der Waals surface area contributed by atoms with E-state index in [1.54, 1.807) is 6.07 Å². The molecule has 0 saturated carbocycles. The van der Waals surface area contributed by atoms with Crippen molar-refractivity contribution < 1.29 is 8.42 Å². The molecule has 0 amide bonds. The first-order valence-corrected chi connectivity index (χ1v) is 7.28. The molecule has 0 atom stereocenters. The summed E-state index contributed by atoms with van der Waals surface area (Å²) < 4.78 is 25.2. The summed E-state index contributed by atoms with van der Waals surface area (Å²) in [5, 5.41) is 0. The Morgan fingerprint density at radius 2 is 2.06 bits per heavy atom. The van der Waals surface area contributed by atoms with Gasteiger partial charge in [-0.05, 0) is 31.5 Å². The van der Waals surface area contributed by atoms with Crippen molar-refractivity contribution in [1.29, 1.82) is 0 Å². The Kier molecular flexibility index (Phi) is 4.62. The maximum atomic E-state index is 11.9. The van der Waals surface area contributed by atoms with E-state index < -0.39 is 10.0 Å². The Hall–Kier alpha value is -0.740. The van der Waals surface area contributed by atoms with E-state index in [0.717, 1.165) is 5.56 Å². The van der Waals surface area contributed by atoms with Gasteiger partial charge < -0.3 is 0 Å². The van der Waals surface area contributed by atoms with Crippen molar-refractivity contribution in [3.8, 4) is 0 Å². The van der Waals surface area contributed by atoms with Crippen LogP contribution in [0.4, 0.5) is 5.69 Å². The standard InChI is InChI=1S/C11H16ClNO2S/c1-3-13(16(14,15)8-7-12)11-6-4-5-10(2)9-11/h4-6,9H,3,7-8H2,1-2H3. The highest BCUT2D eigenvalue weighted by Gasteiger charge is 2.19. The van der Waals surface area contributed by atoms with Crippen LogP contribution in [0.15, 0.2) is 24.3 Å². The molecule has 0 bridgehead atoms. The van der Waals surface area contributed by atoms with Crippen LogP contribution >= 0.6 is 11.6 Å². The lowest BCUT2D eigenvalue weighted by molar-refractivity contribution is 0.593. The fourth-order valence-electron chi connectivity index (χ4n) is 1.53. The van der Waals surface area contributed by atoms with Gasteiger partial charge in [-0.1, -0.05) is 12.1 Å². The lowest BCUT2D eigenvalue weighted by atomic mass is 10.2. The molecule has 0 aliphatic rings. The zero-order chi connectivity index (χ0) is 12.2. The monoisotopic (exact) mass is 261 g/mol. The Morgan fingerprint density at radius 3 is 2.56 bits per heavy atom. The molecule has 0 N–H and O–H groups in total. The Labute approximate surface area is 102 Å². The molecule has 1 rings (SSSR count). The zero-order valence-electron chi connectivity index (χ0n) is 9.48. The predicted molar refractivity (Wildman–Crippen MR) is 68.7 cm³/mol. The number of nitrogens with zero attached hydrogens (tertiary/aromatic N) is 1. The van der Waals surface area contributed by atoms with Crippen LogP contribution in [-0.4, -0.2) is 26.6 Å². The van der Waals surface area contributed by atoms with Crippen LogP contribution in [0.2, 0.25) is 0 Å². The van der Waals surface area contributed by atoms with Gasteiger partial charge in [0.05, 0.1) is 11.4 Å². The minimum Gasteiger partial charge on any atom is -0.270 e. The van der Waals surface area contributed by atoms with E-state index in [2.05, 4.69) is 0 Å². The first kappa shape index (κ1) is 13.3.